The average molecular weight is 499 g/mol. The lowest BCUT2D eigenvalue weighted by atomic mass is 9.80. The summed E-state index contributed by atoms with van der Waals surface area (Å²) in [5.74, 6) is 1.21. The number of amides is 1. The molecule has 168 valence electrons. The monoisotopic (exact) mass is 498 g/mol. The van der Waals surface area contributed by atoms with E-state index in [1.165, 1.54) is 0 Å². The fourth-order valence-corrected chi connectivity index (χ4v) is 4.56. The minimum atomic E-state index is -0.870. The molecule has 0 spiro atoms. The highest BCUT2D eigenvalue weighted by Crippen LogP contribution is 2.36. The Morgan fingerprint density at radius 2 is 2.00 bits per heavy atom. The molecule has 4 rings (SSSR count). The number of piperidine rings is 1. The first-order chi connectivity index (χ1) is 15.2. The van der Waals surface area contributed by atoms with Crippen molar-refractivity contribution in [2.75, 3.05) is 11.9 Å². The predicted molar refractivity (Wildman–Crippen MR) is 129 cm³/mol. The first-order valence-corrected chi connectivity index (χ1v) is 11.4. The van der Waals surface area contributed by atoms with E-state index in [9.17, 15) is 9.90 Å². The van der Waals surface area contributed by atoms with Crippen LogP contribution in [0.15, 0.2) is 53.1 Å². The van der Waals surface area contributed by atoms with Gasteiger partial charge in [-0.05, 0) is 39.5 Å². The highest BCUT2D eigenvalue weighted by Gasteiger charge is 2.39. The number of halogens is 1. The Morgan fingerprint density at radius 3 is 2.69 bits per heavy atom. The summed E-state index contributed by atoms with van der Waals surface area (Å²) in [6.45, 7) is 6.67. The number of nitrogens with one attached hydrogen (secondary N) is 1. The lowest BCUT2D eigenvalue weighted by Gasteiger charge is -2.44. The summed E-state index contributed by atoms with van der Waals surface area (Å²) in [6.07, 6.45) is 2.12. The number of likely N-dealkylation sites (tertiary alicyclic amines) is 1. The second-order valence-corrected chi connectivity index (χ2v) is 10.0. The molecule has 2 atom stereocenters. The Labute approximate surface area is 195 Å². The zero-order valence-electron chi connectivity index (χ0n) is 18.4. The van der Waals surface area contributed by atoms with Crippen molar-refractivity contribution in [3.05, 3.63) is 53.1 Å². The van der Waals surface area contributed by atoms with Gasteiger partial charge in [0.1, 0.15) is 11.9 Å². The van der Waals surface area contributed by atoms with Crippen molar-refractivity contribution >= 4 is 44.6 Å². The van der Waals surface area contributed by atoms with Crippen LogP contribution >= 0.6 is 15.9 Å². The fourth-order valence-electron chi connectivity index (χ4n) is 4.10. The Kier molecular flexibility index (Phi) is 6.24. The summed E-state index contributed by atoms with van der Waals surface area (Å²) in [7, 11) is 0. The van der Waals surface area contributed by atoms with Gasteiger partial charge in [-0.15, -0.1) is 0 Å². The van der Waals surface area contributed by atoms with Crippen molar-refractivity contribution in [2.24, 2.45) is 5.41 Å². The third-order valence-corrected chi connectivity index (χ3v) is 6.38. The third kappa shape index (κ3) is 4.96. The molecule has 7 nitrogen and oxygen atoms in total. The summed E-state index contributed by atoms with van der Waals surface area (Å²) < 4.78 is 7.18. The minimum Gasteiger partial charge on any atom is -0.489 e. The maximum absolute atomic E-state index is 11.7. The number of nitrogens with zero attached hydrogens (tertiary/aromatic N) is 3. The van der Waals surface area contributed by atoms with E-state index in [0.29, 0.717) is 31.1 Å². The largest absolute Gasteiger partial charge is 0.489 e. The summed E-state index contributed by atoms with van der Waals surface area (Å²) in [6, 6.07) is 13.5. The van der Waals surface area contributed by atoms with Crippen LogP contribution in [0.2, 0.25) is 0 Å². The van der Waals surface area contributed by atoms with Gasteiger partial charge in [-0.25, -0.2) is 14.8 Å². The quantitative estimate of drug-likeness (QED) is 0.453. The number of benzene rings is 2. The molecule has 0 radical (unpaired) electrons. The van der Waals surface area contributed by atoms with Crippen LogP contribution in [0.5, 0.6) is 5.75 Å². The summed E-state index contributed by atoms with van der Waals surface area (Å²) in [5.41, 5.74) is 1.51. The van der Waals surface area contributed by atoms with Crippen LogP contribution < -0.4 is 10.1 Å². The van der Waals surface area contributed by atoms with Gasteiger partial charge in [-0.1, -0.05) is 39.0 Å². The predicted octanol–water partition coefficient (Wildman–Crippen LogP) is 6.07. The van der Waals surface area contributed by atoms with E-state index in [1.54, 1.807) is 11.1 Å². The van der Waals surface area contributed by atoms with Crippen LogP contribution in [0, 0.1) is 5.41 Å². The topological polar surface area (TPSA) is 87.6 Å². The Balaban J connectivity index is 1.56. The number of ether oxygens (including phenoxy) is 1. The van der Waals surface area contributed by atoms with E-state index in [4.69, 9.17) is 4.74 Å². The van der Waals surface area contributed by atoms with Crippen LogP contribution in [-0.4, -0.2) is 44.8 Å². The van der Waals surface area contributed by atoms with Crippen molar-refractivity contribution in [1.29, 1.82) is 0 Å². The first-order valence-electron chi connectivity index (χ1n) is 10.7. The van der Waals surface area contributed by atoms with Crippen molar-refractivity contribution in [3.8, 4) is 5.75 Å². The lowest BCUT2D eigenvalue weighted by molar-refractivity contribution is 0.0128. The second kappa shape index (κ2) is 8.94. The molecule has 1 aromatic heterocycles. The average Bonchev–Trinajstić information content (AvgIpc) is 2.74. The van der Waals surface area contributed by atoms with Gasteiger partial charge in [0.25, 0.3) is 0 Å². The molecule has 0 bridgehead atoms. The number of aromatic nitrogens is 2. The molecule has 1 saturated heterocycles. The van der Waals surface area contributed by atoms with Crippen LogP contribution in [0.1, 0.15) is 33.6 Å². The zero-order valence-corrected chi connectivity index (χ0v) is 20.0. The summed E-state index contributed by atoms with van der Waals surface area (Å²) >= 11 is 3.61. The van der Waals surface area contributed by atoms with E-state index < -0.39 is 6.09 Å². The third-order valence-electron chi connectivity index (χ3n) is 5.76. The zero-order chi connectivity index (χ0) is 22.9. The standard InChI is InChI=1S/C24H27BrN4O3/c1-24(2,3)21-12-17(9-10-29(21)23(30)31)32-20-13-19-15(11-18(20)25)14-26-22(28-19)27-16-7-5-4-6-8-16/h4-8,11,13-14,17,21H,9-10,12H2,1-3H3,(H,30,31)(H,26,27,28). The van der Waals surface area contributed by atoms with Gasteiger partial charge in [-0.2, -0.15) is 0 Å². The number of carboxylic acid groups (broad SMARTS) is 1. The molecule has 8 heteroatoms. The number of fused-ring (bicyclic) bond motifs is 1. The maximum Gasteiger partial charge on any atom is 0.407 e. The molecular weight excluding hydrogens is 472 g/mol. The summed E-state index contributed by atoms with van der Waals surface area (Å²) in [4.78, 5) is 22.3. The number of hydrogen-bond donors (Lipinski definition) is 2. The van der Waals surface area contributed by atoms with Gasteiger partial charge in [-0.3, -0.25) is 0 Å². The Morgan fingerprint density at radius 1 is 1.25 bits per heavy atom. The molecule has 2 heterocycles. The first kappa shape index (κ1) is 22.3. The fraction of sp³-hybridized carbons (Fsp3) is 0.375. The van der Waals surface area contributed by atoms with E-state index in [2.05, 4.69) is 52.0 Å². The molecule has 0 saturated carbocycles. The molecule has 1 amide bonds. The smallest absolute Gasteiger partial charge is 0.407 e. The number of para-hydroxylation sites is 1. The lowest BCUT2D eigenvalue weighted by Crippen LogP contribution is -2.53. The van der Waals surface area contributed by atoms with Crippen molar-refractivity contribution < 1.29 is 14.6 Å². The second-order valence-electron chi connectivity index (χ2n) is 9.15. The van der Waals surface area contributed by atoms with Crippen molar-refractivity contribution in [3.63, 3.8) is 0 Å². The maximum atomic E-state index is 11.7. The molecule has 2 N–H and O–H groups in total. The van der Waals surface area contributed by atoms with Gasteiger partial charge < -0.3 is 20.1 Å². The molecular formula is C24H27BrN4O3. The molecule has 1 fully saturated rings. The Hall–Kier alpha value is -2.87. The van der Waals surface area contributed by atoms with Gasteiger partial charge in [0, 0.05) is 48.8 Å². The van der Waals surface area contributed by atoms with Crippen LogP contribution in [-0.2, 0) is 0 Å². The molecule has 32 heavy (non-hydrogen) atoms. The molecule has 1 aliphatic rings. The van der Waals surface area contributed by atoms with Crippen LogP contribution in [0.25, 0.3) is 10.9 Å². The number of anilines is 2. The van der Waals surface area contributed by atoms with Crippen LogP contribution in [0.4, 0.5) is 16.4 Å². The SMILES string of the molecule is CC(C)(C)C1CC(Oc2cc3nc(Nc4ccccc4)ncc3cc2Br)CCN1C(=O)O. The van der Waals surface area contributed by atoms with Crippen LogP contribution in [0.3, 0.4) is 0 Å². The van der Waals surface area contributed by atoms with Crippen molar-refractivity contribution in [2.45, 2.75) is 45.8 Å². The minimum absolute atomic E-state index is 0.0765. The molecule has 0 aliphatic carbocycles. The van der Waals surface area contributed by atoms with Gasteiger partial charge in [0.05, 0.1) is 9.99 Å². The van der Waals surface area contributed by atoms with E-state index in [0.717, 1.165) is 21.1 Å². The van der Waals surface area contributed by atoms with Gasteiger partial charge >= 0.3 is 6.09 Å². The Bertz CT molecular complexity index is 1120. The van der Waals surface area contributed by atoms with E-state index in [1.807, 2.05) is 42.5 Å². The molecule has 2 aromatic carbocycles. The van der Waals surface area contributed by atoms with E-state index >= 15 is 0 Å². The normalized spacial score (nSPS) is 19.1. The van der Waals surface area contributed by atoms with Gasteiger partial charge in [0.15, 0.2) is 0 Å². The molecule has 2 unspecified atom stereocenters. The van der Waals surface area contributed by atoms with Gasteiger partial charge in [0.2, 0.25) is 5.95 Å². The highest BCUT2D eigenvalue weighted by molar-refractivity contribution is 9.10. The number of carbonyl (C=O) groups is 1. The molecule has 1 aliphatic heterocycles. The summed E-state index contributed by atoms with van der Waals surface area (Å²) in [5, 5.41) is 13.7. The molecule has 3 aromatic rings. The number of rotatable bonds is 4. The highest BCUT2D eigenvalue weighted by atomic mass is 79.9. The van der Waals surface area contributed by atoms with Crippen molar-refractivity contribution in [1.82, 2.24) is 14.9 Å². The number of hydrogen-bond acceptors (Lipinski definition) is 5. The van der Waals surface area contributed by atoms with E-state index in [-0.39, 0.29) is 17.6 Å².